The van der Waals surface area contributed by atoms with E-state index in [-0.39, 0.29) is 16.1 Å². The topological polar surface area (TPSA) is 55.8 Å². The van der Waals surface area contributed by atoms with Crippen molar-refractivity contribution in [1.82, 2.24) is 4.31 Å². The summed E-state index contributed by atoms with van der Waals surface area (Å²) in [5, 5.41) is 0. The molecule has 5 nitrogen and oxygen atoms in total. The van der Waals surface area contributed by atoms with Crippen LogP contribution in [0.3, 0.4) is 0 Å². The van der Waals surface area contributed by atoms with E-state index >= 15 is 0 Å². The number of hydrogen-bond acceptors (Lipinski definition) is 4. The van der Waals surface area contributed by atoms with Gasteiger partial charge < -0.3 is 9.31 Å². The minimum Gasteiger partial charge on any atom is -0.400 e. The van der Waals surface area contributed by atoms with Gasteiger partial charge in [-0.2, -0.15) is 0 Å². The highest BCUT2D eigenvalue weighted by atomic mass is 32.2. The van der Waals surface area contributed by atoms with Gasteiger partial charge in [-0.1, -0.05) is 35.3 Å². The average Bonchev–Trinajstić information content (AvgIpc) is 2.74. The predicted octanol–water partition coefficient (Wildman–Crippen LogP) is 4.10. The summed E-state index contributed by atoms with van der Waals surface area (Å²) in [6.45, 7) is 12.0. The van der Waals surface area contributed by atoms with Crippen LogP contribution in [0.1, 0.15) is 46.6 Å². The number of benzene rings is 1. The van der Waals surface area contributed by atoms with Crippen molar-refractivity contribution in [2.24, 2.45) is 0 Å². The van der Waals surface area contributed by atoms with Crippen molar-refractivity contribution < 1.29 is 17.7 Å². The largest absolute Gasteiger partial charge is 0.487 e. The van der Waals surface area contributed by atoms with E-state index in [9.17, 15) is 8.42 Å². The molecule has 1 heterocycles. The number of hydrogen-bond donors (Lipinski definition) is 0. The predicted molar refractivity (Wildman–Crippen MR) is 110 cm³/mol. The first-order valence-corrected chi connectivity index (χ1v) is 10.5. The Kier molecular flexibility index (Phi) is 6.29. The Bertz CT molecular complexity index is 810. The van der Waals surface area contributed by atoms with Crippen LogP contribution in [0.5, 0.6) is 0 Å². The van der Waals surface area contributed by atoms with Gasteiger partial charge in [0.2, 0.25) is 0 Å². The summed E-state index contributed by atoms with van der Waals surface area (Å²) in [5.74, 6) is 1.94. The van der Waals surface area contributed by atoms with Gasteiger partial charge in [0.25, 0.3) is 10.0 Å². The van der Waals surface area contributed by atoms with Crippen LogP contribution in [-0.2, 0) is 19.3 Å². The van der Waals surface area contributed by atoms with E-state index in [0.29, 0.717) is 6.42 Å². The molecule has 1 aliphatic heterocycles. The zero-order valence-electron chi connectivity index (χ0n) is 17.3. The highest BCUT2D eigenvalue weighted by Gasteiger charge is 2.50. The third kappa shape index (κ3) is 5.03. The Morgan fingerprint density at radius 2 is 1.63 bits per heavy atom. The number of allylic oxidation sites excluding steroid dienone is 2. The SMILES string of the molecule is C/C(=C\B1OC(C)(C)C(C)(C)O1)C/C=C/N(C)S(=O)(=O)c1ccc(C)cc1. The first-order valence-electron chi connectivity index (χ1n) is 9.09. The molecule has 0 aromatic heterocycles. The van der Waals surface area contributed by atoms with E-state index in [2.05, 4.69) is 0 Å². The summed E-state index contributed by atoms with van der Waals surface area (Å²) < 4.78 is 38.3. The van der Waals surface area contributed by atoms with Gasteiger partial charge >= 0.3 is 7.12 Å². The summed E-state index contributed by atoms with van der Waals surface area (Å²) in [4.78, 5) is 0.282. The van der Waals surface area contributed by atoms with Crippen molar-refractivity contribution in [2.75, 3.05) is 7.05 Å². The van der Waals surface area contributed by atoms with Crippen LogP contribution in [-0.4, -0.2) is 38.1 Å². The van der Waals surface area contributed by atoms with Crippen LogP contribution in [0.25, 0.3) is 0 Å². The van der Waals surface area contributed by atoms with E-state index in [1.54, 1.807) is 37.5 Å². The molecule has 0 unspecified atom stereocenters. The van der Waals surface area contributed by atoms with Gasteiger partial charge in [0.1, 0.15) is 0 Å². The summed E-state index contributed by atoms with van der Waals surface area (Å²) in [5.41, 5.74) is 1.33. The Morgan fingerprint density at radius 3 is 2.15 bits per heavy atom. The molecule has 148 valence electrons. The molecule has 7 heteroatoms. The zero-order chi connectivity index (χ0) is 20.5. The molecule has 0 saturated carbocycles. The van der Waals surface area contributed by atoms with Gasteiger partial charge in [-0.3, -0.25) is 4.31 Å². The molecule has 0 atom stereocenters. The maximum atomic E-state index is 12.6. The maximum Gasteiger partial charge on any atom is 0.487 e. The normalized spacial score (nSPS) is 19.7. The fraction of sp³-hybridized carbons (Fsp3) is 0.500. The second kappa shape index (κ2) is 7.82. The molecule has 27 heavy (non-hydrogen) atoms. The molecule has 0 aliphatic carbocycles. The van der Waals surface area contributed by atoms with E-state index in [0.717, 1.165) is 11.1 Å². The molecular weight excluding hydrogens is 361 g/mol. The molecule has 0 N–H and O–H groups in total. The standard InChI is InChI=1S/C20H30BNO4S/c1-16-10-12-18(13-11-16)27(23,24)22(7)14-8-9-17(2)15-21-25-19(3,4)20(5,6)26-21/h8,10-15H,9H2,1-7H3/b14-8+,17-15+. The summed E-state index contributed by atoms with van der Waals surface area (Å²) >= 11 is 0. The van der Waals surface area contributed by atoms with Gasteiger partial charge in [-0.05, 0) is 60.1 Å². The lowest BCUT2D eigenvalue weighted by molar-refractivity contribution is 0.00578. The zero-order valence-corrected chi connectivity index (χ0v) is 18.1. The van der Waals surface area contributed by atoms with Gasteiger partial charge in [0.15, 0.2) is 0 Å². The molecule has 0 bridgehead atoms. The fourth-order valence-corrected chi connectivity index (χ4v) is 3.66. The number of nitrogens with zero attached hydrogens (tertiary/aromatic N) is 1. The van der Waals surface area contributed by atoms with Crippen LogP contribution in [0.2, 0.25) is 0 Å². The smallest absolute Gasteiger partial charge is 0.400 e. The highest BCUT2D eigenvalue weighted by Crippen LogP contribution is 2.37. The van der Waals surface area contributed by atoms with E-state index < -0.39 is 17.1 Å². The summed E-state index contributed by atoms with van der Waals surface area (Å²) in [6.07, 6.45) is 4.01. The number of sulfonamides is 1. The average molecular weight is 391 g/mol. The second-order valence-electron chi connectivity index (χ2n) is 8.06. The number of rotatable bonds is 6. The van der Waals surface area contributed by atoms with E-state index in [1.165, 1.54) is 4.31 Å². The van der Waals surface area contributed by atoms with Gasteiger partial charge in [0.05, 0.1) is 16.1 Å². The molecule has 2 rings (SSSR count). The molecule has 0 spiro atoms. The summed E-state index contributed by atoms with van der Waals surface area (Å²) in [6, 6.07) is 6.83. The van der Waals surface area contributed by atoms with Crippen molar-refractivity contribution in [3.63, 3.8) is 0 Å². The lowest BCUT2D eigenvalue weighted by atomic mass is 9.86. The van der Waals surface area contributed by atoms with Crippen LogP contribution in [0.15, 0.2) is 53.0 Å². The van der Waals surface area contributed by atoms with Crippen LogP contribution >= 0.6 is 0 Å². The summed E-state index contributed by atoms with van der Waals surface area (Å²) in [7, 11) is -2.38. The Balaban J connectivity index is 1.99. The monoisotopic (exact) mass is 391 g/mol. The maximum absolute atomic E-state index is 12.6. The molecule has 0 amide bonds. The van der Waals surface area contributed by atoms with Crippen molar-refractivity contribution in [3.8, 4) is 0 Å². The van der Waals surface area contributed by atoms with Crippen molar-refractivity contribution in [3.05, 3.63) is 53.7 Å². The minimum absolute atomic E-state index is 0.282. The Hall–Kier alpha value is -1.57. The fourth-order valence-electron chi connectivity index (χ4n) is 2.60. The first kappa shape index (κ1) is 21.7. The van der Waals surface area contributed by atoms with E-state index in [1.807, 2.05) is 53.6 Å². The molecule has 1 aliphatic rings. The van der Waals surface area contributed by atoms with Crippen molar-refractivity contribution >= 4 is 17.1 Å². The van der Waals surface area contributed by atoms with Gasteiger partial charge in [-0.25, -0.2) is 8.42 Å². The Labute approximate surface area is 164 Å². The van der Waals surface area contributed by atoms with Crippen LogP contribution < -0.4 is 0 Å². The Morgan fingerprint density at radius 1 is 1.11 bits per heavy atom. The highest BCUT2D eigenvalue weighted by molar-refractivity contribution is 7.89. The third-order valence-corrected chi connectivity index (χ3v) is 6.89. The van der Waals surface area contributed by atoms with Gasteiger partial charge in [-0.15, -0.1) is 0 Å². The molecule has 1 aromatic rings. The van der Waals surface area contributed by atoms with E-state index in [4.69, 9.17) is 9.31 Å². The third-order valence-electron chi connectivity index (χ3n) is 5.15. The quantitative estimate of drug-likeness (QED) is 0.686. The lowest BCUT2D eigenvalue weighted by Gasteiger charge is -2.32. The van der Waals surface area contributed by atoms with Crippen molar-refractivity contribution in [2.45, 2.75) is 64.1 Å². The van der Waals surface area contributed by atoms with Crippen LogP contribution in [0, 0.1) is 6.92 Å². The van der Waals surface area contributed by atoms with Crippen molar-refractivity contribution in [1.29, 1.82) is 0 Å². The van der Waals surface area contributed by atoms with Gasteiger partial charge in [0, 0.05) is 13.2 Å². The lowest BCUT2D eigenvalue weighted by Crippen LogP contribution is -2.41. The van der Waals surface area contributed by atoms with Crippen LogP contribution in [0.4, 0.5) is 0 Å². The number of aryl methyl sites for hydroxylation is 1. The minimum atomic E-state index is -3.53. The first-order chi connectivity index (χ1) is 12.3. The molecule has 1 fully saturated rings. The molecular formula is C20H30BNO4S. The second-order valence-corrected chi connectivity index (χ2v) is 10.1. The molecule has 0 radical (unpaired) electrons. The molecule has 1 aromatic carbocycles. The molecule has 1 saturated heterocycles.